The van der Waals surface area contributed by atoms with Gasteiger partial charge in [-0.2, -0.15) is 0 Å². The first-order valence-electron chi connectivity index (χ1n) is 5.45. The van der Waals surface area contributed by atoms with Crippen LogP contribution in [0.4, 0.5) is 0 Å². The van der Waals surface area contributed by atoms with Crippen LogP contribution in [0.3, 0.4) is 0 Å². The molecule has 0 spiro atoms. The minimum absolute atomic E-state index is 0.436. The Labute approximate surface area is 106 Å². The van der Waals surface area contributed by atoms with Crippen LogP contribution < -0.4 is 11.1 Å². The van der Waals surface area contributed by atoms with Gasteiger partial charge in [0.2, 0.25) is 5.91 Å². The first-order valence-corrected chi connectivity index (χ1v) is 5.45. The Morgan fingerprint density at radius 2 is 1.83 bits per heavy atom. The molecule has 2 atom stereocenters. The molecule has 0 rings (SSSR count). The quantitative estimate of drug-likeness (QED) is 0.573. The molecule has 1 unspecified atom stereocenters. The van der Waals surface area contributed by atoms with Crippen molar-refractivity contribution in [2.24, 2.45) is 11.1 Å². The van der Waals surface area contributed by atoms with Crippen LogP contribution in [0.5, 0.6) is 0 Å². The third kappa shape index (κ3) is 5.13. The summed E-state index contributed by atoms with van der Waals surface area (Å²) >= 11 is 0. The number of carbonyl (C=O) groups is 3. The van der Waals surface area contributed by atoms with Crippen molar-refractivity contribution >= 4 is 17.8 Å². The number of methoxy groups -OCH3 is 1. The molecule has 0 heterocycles. The maximum atomic E-state index is 11.7. The van der Waals surface area contributed by atoms with Crippen molar-refractivity contribution in [2.45, 2.75) is 39.3 Å². The molecule has 0 saturated heterocycles. The second-order valence-electron chi connectivity index (χ2n) is 5.02. The zero-order chi connectivity index (χ0) is 14.5. The minimum Gasteiger partial charge on any atom is -0.480 e. The third-order valence-electron chi connectivity index (χ3n) is 2.43. The number of amides is 1. The summed E-state index contributed by atoms with van der Waals surface area (Å²) in [4.78, 5) is 33.6. The van der Waals surface area contributed by atoms with Crippen LogP contribution in [0, 0.1) is 5.41 Å². The molecule has 0 aliphatic rings. The second-order valence-corrected chi connectivity index (χ2v) is 5.02. The van der Waals surface area contributed by atoms with Crippen LogP contribution in [0.15, 0.2) is 0 Å². The number of hydrogen-bond donors (Lipinski definition) is 3. The number of hydrogen-bond acceptors (Lipinski definition) is 5. The van der Waals surface area contributed by atoms with E-state index in [-0.39, 0.29) is 0 Å². The predicted octanol–water partition coefficient (Wildman–Crippen LogP) is -0.508. The van der Waals surface area contributed by atoms with Gasteiger partial charge in [-0.3, -0.25) is 9.59 Å². The molecule has 0 bridgehead atoms. The third-order valence-corrected chi connectivity index (χ3v) is 2.43. The molecule has 7 nitrogen and oxygen atoms in total. The largest absolute Gasteiger partial charge is 0.480 e. The highest BCUT2D eigenvalue weighted by Gasteiger charge is 2.31. The van der Waals surface area contributed by atoms with Crippen molar-refractivity contribution in [1.82, 2.24) is 5.32 Å². The van der Waals surface area contributed by atoms with Gasteiger partial charge in [-0.1, -0.05) is 20.8 Å². The molecular weight excluding hydrogens is 240 g/mol. The lowest BCUT2D eigenvalue weighted by molar-refractivity contribution is -0.149. The Hall–Kier alpha value is -1.63. The van der Waals surface area contributed by atoms with E-state index in [0.29, 0.717) is 0 Å². The fourth-order valence-corrected chi connectivity index (χ4v) is 1.10. The highest BCUT2D eigenvalue weighted by molar-refractivity contribution is 5.89. The van der Waals surface area contributed by atoms with Gasteiger partial charge in [0.15, 0.2) is 0 Å². The van der Waals surface area contributed by atoms with Gasteiger partial charge >= 0.3 is 11.9 Å². The number of nitrogens with two attached hydrogens (primary N) is 1. The van der Waals surface area contributed by atoms with Crippen LogP contribution in [-0.2, 0) is 19.1 Å². The number of carboxylic acids is 1. The van der Waals surface area contributed by atoms with Crippen molar-refractivity contribution in [1.29, 1.82) is 0 Å². The van der Waals surface area contributed by atoms with Crippen molar-refractivity contribution in [2.75, 3.05) is 7.11 Å². The zero-order valence-corrected chi connectivity index (χ0v) is 11.0. The average Bonchev–Trinajstić information content (AvgIpc) is 2.25. The molecule has 7 heteroatoms. The molecule has 0 fully saturated rings. The molecule has 0 aliphatic heterocycles. The number of rotatable bonds is 5. The van der Waals surface area contributed by atoms with E-state index in [0.717, 1.165) is 7.11 Å². The van der Waals surface area contributed by atoms with Gasteiger partial charge in [-0.05, 0) is 5.41 Å². The van der Waals surface area contributed by atoms with Gasteiger partial charge in [0, 0.05) is 0 Å². The monoisotopic (exact) mass is 260 g/mol. The summed E-state index contributed by atoms with van der Waals surface area (Å²) in [5, 5.41) is 11.1. The van der Waals surface area contributed by atoms with Gasteiger partial charge in [-0.25, -0.2) is 4.79 Å². The molecule has 0 radical (unpaired) electrons. The van der Waals surface area contributed by atoms with E-state index < -0.39 is 41.8 Å². The van der Waals surface area contributed by atoms with Crippen LogP contribution in [0.25, 0.3) is 0 Å². The number of carbonyl (C=O) groups excluding carboxylic acids is 2. The Morgan fingerprint density at radius 3 is 2.17 bits per heavy atom. The van der Waals surface area contributed by atoms with Crippen molar-refractivity contribution in [3.8, 4) is 0 Å². The number of aliphatic carboxylic acids is 1. The van der Waals surface area contributed by atoms with E-state index in [9.17, 15) is 14.4 Å². The molecule has 104 valence electrons. The van der Waals surface area contributed by atoms with E-state index in [1.165, 1.54) is 0 Å². The molecule has 0 aromatic rings. The molecule has 18 heavy (non-hydrogen) atoms. The second kappa shape index (κ2) is 6.34. The van der Waals surface area contributed by atoms with Gasteiger partial charge in [0.1, 0.15) is 6.04 Å². The van der Waals surface area contributed by atoms with E-state index in [2.05, 4.69) is 10.1 Å². The van der Waals surface area contributed by atoms with Gasteiger partial charge in [0.25, 0.3) is 0 Å². The normalized spacial score (nSPS) is 14.5. The Morgan fingerprint density at radius 1 is 1.33 bits per heavy atom. The molecule has 0 aliphatic carbocycles. The number of carboxylic acid groups (broad SMARTS) is 1. The molecule has 0 aromatic heterocycles. The summed E-state index contributed by atoms with van der Waals surface area (Å²) in [5.74, 6) is -2.64. The lowest BCUT2D eigenvalue weighted by atomic mass is 9.87. The molecular formula is C11H20N2O5. The van der Waals surface area contributed by atoms with E-state index in [4.69, 9.17) is 10.8 Å². The highest BCUT2D eigenvalue weighted by Crippen LogP contribution is 2.17. The standard InChI is InChI=1S/C11H20N2O5/c1-11(2,3)8(12)9(15)13-6(10(16)17)5-7(14)18-4/h6,8H,5,12H2,1-4H3,(H,13,15)(H,16,17)/t6-,8?/m0/s1. The van der Waals surface area contributed by atoms with Crippen molar-refractivity contribution < 1.29 is 24.2 Å². The fourth-order valence-electron chi connectivity index (χ4n) is 1.10. The predicted molar refractivity (Wildman–Crippen MR) is 63.6 cm³/mol. The Kier molecular flexibility index (Phi) is 5.77. The average molecular weight is 260 g/mol. The van der Waals surface area contributed by atoms with Crippen LogP contribution in [-0.4, -0.2) is 42.1 Å². The highest BCUT2D eigenvalue weighted by atomic mass is 16.5. The maximum absolute atomic E-state index is 11.7. The molecule has 0 aromatic carbocycles. The smallest absolute Gasteiger partial charge is 0.326 e. The Balaban J connectivity index is 4.65. The summed E-state index contributed by atoms with van der Waals surface area (Å²) in [6.07, 6.45) is -0.436. The lowest BCUT2D eigenvalue weighted by Gasteiger charge is -2.27. The van der Waals surface area contributed by atoms with Crippen LogP contribution in [0.2, 0.25) is 0 Å². The van der Waals surface area contributed by atoms with Crippen molar-refractivity contribution in [3.63, 3.8) is 0 Å². The summed E-state index contributed by atoms with van der Waals surface area (Å²) in [6, 6.07) is -2.20. The topological polar surface area (TPSA) is 119 Å². The Bertz CT molecular complexity index is 335. The van der Waals surface area contributed by atoms with Gasteiger partial charge < -0.3 is 20.9 Å². The van der Waals surface area contributed by atoms with Crippen LogP contribution in [0.1, 0.15) is 27.2 Å². The molecule has 0 saturated carbocycles. The van der Waals surface area contributed by atoms with Gasteiger partial charge in [0.05, 0.1) is 19.6 Å². The zero-order valence-electron chi connectivity index (χ0n) is 11.0. The summed E-state index contributed by atoms with van der Waals surface area (Å²) < 4.78 is 4.36. The van der Waals surface area contributed by atoms with E-state index in [1.807, 2.05) is 0 Å². The minimum atomic E-state index is -1.33. The molecule has 4 N–H and O–H groups in total. The lowest BCUT2D eigenvalue weighted by Crippen LogP contribution is -2.53. The fraction of sp³-hybridized carbons (Fsp3) is 0.727. The van der Waals surface area contributed by atoms with Crippen LogP contribution >= 0.6 is 0 Å². The maximum Gasteiger partial charge on any atom is 0.326 e. The van der Waals surface area contributed by atoms with Crippen molar-refractivity contribution in [3.05, 3.63) is 0 Å². The summed E-state index contributed by atoms with van der Waals surface area (Å²) in [5.41, 5.74) is 5.18. The SMILES string of the molecule is COC(=O)C[C@H](NC(=O)C(N)C(C)(C)C)C(=O)O. The number of ether oxygens (including phenoxy) is 1. The van der Waals surface area contributed by atoms with E-state index in [1.54, 1.807) is 20.8 Å². The number of esters is 1. The van der Waals surface area contributed by atoms with E-state index >= 15 is 0 Å². The first-order chi connectivity index (χ1) is 8.09. The van der Waals surface area contributed by atoms with Gasteiger partial charge in [-0.15, -0.1) is 0 Å². The number of nitrogens with one attached hydrogen (secondary N) is 1. The summed E-state index contributed by atoms with van der Waals surface area (Å²) in [6.45, 7) is 5.27. The summed E-state index contributed by atoms with van der Waals surface area (Å²) in [7, 11) is 1.14. The first kappa shape index (κ1) is 16.4. The molecule has 1 amide bonds.